The minimum absolute atomic E-state index is 0.0251. The van der Waals surface area contributed by atoms with Crippen molar-refractivity contribution in [1.29, 1.82) is 0 Å². The van der Waals surface area contributed by atoms with Crippen molar-refractivity contribution in [3.63, 3.8) is 0 Å². The van der Waals surface area contributed by atoms with Gasteiger partial charge in [-0.25, -0.2) is 5.01 Å². The number of likely N-dealkylation sites (tertiary alicyclic amines) is 1. The third kappa shape index (κ3) is 6.11. The number of nitrogens with two attached hydrogens (primary N) is 1. The summed E-state index contributed by atoms with van der Waals surface area (Å²) in [6, 6.07) is 23.2. The lowest BCUT2D eigenvalue weighted by atomic mass is 9.91. The van der Waals surface area contributed by atoms with E-state index >= 15 is 0 Å². The van der Waals surface area contributed by atoms with Crippen molar-refractivity contribution in [3.05, 3.63) is 100 Å². The van der Waals surface area contributed by atoms with Gasteiger partial charge in [-0.1, -0.05) is 65.7 Å². The monoisotopic (exact) mass is 583 g/mol. The van der Waals surface area contributed by atoms with E-state index in [0.29, 0.717) is 42.5 Å². The van der Waals surface area contributed by atoms with Gasteiger partial charge in [0.25, 0.3) is 10.0 Å². The Balaban J connectivity index is 1.57. The molecule has 0 spiro atoms. The van der Waals surface area contributed by atoms with Crippen LogP contribution in [-0.4, -0.2) is 55.5 Å². The van der Waals surface area contributed by atoms with E-state index in [4.69, 9.17) is 34.0 Å². The summed E-state index contributed by atoms with van der Waals surface area (Å²) in [5, 5.41) is 7.61. The van der Waals surface area contributed by atoms with E-state index in [1.54, 1.807) is 17.1 Å². The number of halogens is 2. The van der Waals surface area contributed by atoms with Crippen LogP contribution < -0.4 is 5.73 Å². The molecule has 8 nitrogen and oxygen atoms in total. The van der Waals surface area contributed by atoms with Gasteiger partial charge < -0.3 is 10.6 Å². The normalized spacial score (nSPS) is 18.8. The number of hydrogen-bond donors (Lipinski definition) is 1. The smallest absolute Gasteiger partial charge is 0.285 e. The molecule has 5 rings (SSSR count). The first-order valence-electron chi connectivity index (χ1n) is 12.5. The Morgan fingerprint density at radius 2 is 1.49 bits per heavy atom. The summed E-state index contributed by atoms with van der Waals surface area (Å²) in [5.41, 5.74) is 8.24. The van der Waals surface area contributed by atoms with Crippen LogP contribution in [0.3, 0.4) is 0 Å². The van der Waals surface area contributed by atoms with Crippen LogP contribution in [0.25, 0.3) is 0 Å². The highest BCUT2D eigenvalue weighted by atomic mass is 35.5. The average molecular weight is 585 g/mol. The lowest BCUT2D eigenvalue weighted by Crippen LogP contribution is -2.47. The number of rotatable bonds is 5. The van der Waals surface area contributed by atoms with Gasteiger partial charge in [0.15, 0.2) is 0 Å². The van der Waals surface area contributed by atoms with E-state index in [-0.39, 0.29) is 28.6 Å². The maximum absolute atomic E-state index is 13.4. The Kier molecular flexibility index (Phi) is 7.93. The molecular weight excluding hydrogens is 557 g/mol. The summed E-state index contributed by atoms with van der Waals surface area (Å²) in [7, 11) is -4.10. The number of primary amides is 1. The van der Waals surface area contributed by atoms with E-state index in [0.717, 1.165) is 16.8 Å². The second-order valence-corrected chi connectivity index (χ2v) is 12.0. The van der Waals surface area contributed by atoms with Gasteiger partial charge in [0.1, 0.15) is 0 Å². The molecule has 202 valence electrons. The highest BCUT2D eigenvalue weighted by molar-refractivity contribution is 7.90. The number of nitrogens with zero attached hydrogens (tertiary/aromatic N) is 4. The van der Waals surface area contributed by atoms with Crippen molar-refractivity contribution in [1.82, 2.24) is 9.91 Å². The first kappa shape index (κ1) is 27.2. The van der Waals surface area contributed by atoms with Crippen molar-refractivity contribution in [2.45, 2.75) is 23.7 Å². The Hall–Kier alpha value is -3.40. The Labute approximate surface area is 237 Å². The molecule has 2 N–H and O–H groups in total. The maximum atomic E-state index is 13.4. The molecule has 11 heteroatoms. The molecule has 0 saturated carbocycles. The van der Waals surface area contributed by atoms with Gasteiger partial charge in [-0.15, -0.1) is 4.40 Å². The van der Waals surface area contributed by atoms with Crippen molar-refractivity contribution in [3.8, 4) is 0 Å². The van der Waals surface area contributed by atoms with Crippen LogP contribution in [-0.2, 0) is 14.8 Å². The molecule has 3 aromatic carbocycles. The first-order chi connectivity index (χ1) is 18.7. The summed E-state index contributed by atoms with van der Waals surface area (Å²) in [4.78, 5) is 13.7. The molecule has 1 amide bonds. The summed E-state index contributed by atoms with van der Waals surface area (Å²) < 4.78 is 31.2. The quantitative estimate of drug-likeness (QED) is 0.344. The SMILES string of the molecule is NC(=O)C1CCN(C(=NS(=O)(=O)c2ccc(Cl)cc2)N2CC(c3ccccc3)C(c3ccc(Cl)cc3)=N2)CC1. The van der Waals surface area contributed by atoms with Crippen molar-refractivity contribution < 1.29 is 13.2 Å². The molecule has 1 fully saturated rings. The predicted octanol–water partition coefficient (Wildman–Crippen LogP) is 4.74. The van der Waals surface area contributed by atoms with Gasteiger partial charge in [-0.2, -0.15) is 13.5 Å². The van der Waals surface area contributed by atoms with Crippen LogP contribution >= 0.6 is 23.2 Å². The van der Waals surface area contributed by atoms with Gasteiger partial charge in [-0.05, 0) is 60.4 Å². The minimum Gasteiger partial charge on any atom is -0.369 e. The number of hydrogen-bond acceptors (Lipinski definition) is 4. The zero-order valence-electron chi connectivity index (χ0n) is 21.0. The van der Waals surface area contributed by atoms with Crippen LogP contribution in [0.15, 0.2) is 93.3 Å². The number of carbonyl (C=O) groups excluding carboxylic acids is 1. The molecular formula is C28H27Cl2N5O3S. The molecule has 1 saturated heterocycles. The molecule has 2 aliphatic heterocycles. The zero-order chi connectivity index (χ0) is 27.6. The maximum Gasteiger partial charge on any atom is 0.285 e. The molecule has 0 aliphatic carbocycles. The number of amides is 1. The average Bonchev–Trinajstić information content (AvgIpc) is 3.38. The summed E-state index contributed by atoms with van der Waals surface area (Å²) >= 11 is 12.1. The Bertz CT molecular complexity index is 1500. The van der Waals surface area contributed by atoms with Crippen LogP contribution in [0.4, 0.5) is 0 Å². The summed E-state index contributed by atoms with van der Waals surface area (Å²) in [6.45, 7) is 1.22. The highest BCUT2D eigenvalue weighted by Crippen LogP contribution is 2.31. The Morgan fingerprint density at radius 3 is 2.08 bits per heavy atom. The third-order valence-electron chi connectivity index (χ3n) is 6.98. The fourth-order valence-electron chi connectivity index (χ4n) is 4.85. The van der Waals surface area contributed by atoms with Crippen LogP contribution in [0.5, 0.6) is 0 Å². The van der Waals surface area contributed by atoms with Crippen molar-refractivity contribution in [2.24, 2.45) is 21.2 Å². The molecule has 0 bridgehead atoms. The minimum atomic E-state index is -4.10. The largest absolute Gasteiger partial charge is 0.369 e. The van der Waals surface area contributed by atoms with E-state index in [1.165, 1.54) is 24.3 Å². The molecule has 0 aromatic heterocycles. The number of sulfonamides is 1. The van der Waals surface area contributed by atoms with Crippen molar-refractivity contribution >= 4 is 50.8 Å². The number of carbonyl (C=O) groups is 1. The molecule has 1 unspecified atom stereocenters. The van der Waals surface area contributed by atoms with Crippen LogP contribution in [0, 0.1) is 5.92 Å². The van der Waals surface area contributed by atoms with E-state index < -0.39 is 10.0 Å². The lowest BCUT2D eigenvalue weighted by Gasteiger charge is -2.35. The third-order valence-corrected chi connectivity index (χ3v) is 8.76. The fourth-order valence-corrected chi connectivity index (χ4v) is 6.12. The van der Waals surface area contributed by atoms with E-state index in [2.05, 4.69) is 4.40 Å². The number of benzene rings is 3. The first-order valence-corrected chi connectivity index (χ1v) is 14.7. The zero-order valence-corrected chi connectivity index (χ0v) is 23.3. The van der Waals surface area contributed by atoms with Gasteiger partial charge in [-0.3, -0.25) is 4.79 Å². The lowest BCUT2D eigenvalue weighted by molar-refractivity contribution is -0.122. The topological polar surface area (TPSA) is 108 Å². The number of piperidine rings is 1. The molecule has 2 heterocycles. The predicted molar refractivity (Wildman–Crippen MR) is 153 cm³/mol. The second-order valence-electron chi connectivity index (χ2n) is 9.52. The summed E-state index contributed by atoms with van der Waals surface area (Å²) in [6.07, 6.45) is 0.998. The van der Waals surface area contributed by atoms with Gasteiger partial charge in [0, 0.05) is 35.0 Å². The highest BCUT2D eigenvalue weighted by Gasteiger charge is 2.36. The number of guanidine groups is 1. The molecule has 2 aliphatic rings. The Morgan fingerprint density at radius 1 is 0.897 bits per heavy atom. The van der Waals surface area contributed by atoms with Gasteiger partial charge in [0.05, 0.1) is 17.2 Å². The van der Waals surface area contributed by atoms with E-state index in [1.807, 2.05) is 47.4 Å². The molecule has 3 aromatic rings. The fraction of sp³-hybridized carbons (Fsp3) is 0.250. The standard InChI is InChI=1S/C28H27Cl2N5O3S/c29-22-8-6-20(7-9-22)26-25(19-4-2-1-3-5-19)18-35(32-26)28(34-16-14-21(15-17-34)27(31)36)33-39(37,38)24-12-10-23(30)11-13-24/h1-13,21,25H,14-18H2,(H2,31,36). The van der Waals surface area contributed by atoms with Gasteiger partial charge in [0.2, 0.25) is 11.9 Å². The molecule has 0 radical (unpaired) electrons. The van der Waals surface area contributed by atoms with E-state index in [9.17, 15) is 13.2 Å². The van der Waals surface area contributed by atoms with Crippen LogP contribution in [0.2, 0.25) is 10.0 Å². The molecule has 39 heavy (non-hydrogen) atoms. The second kappa shape index (κ2) is 11.4. The number of hydrazone groups is 1. The van der Waals surface area contributed by atoms with Crippen molar-refractivity contribution in [2.75, 3.05) is 19.6 Å². The van der Waals surface area contributed by atoms with Crippen LogP contribution in [0.1, 0.15) is 29.9 Å². The summed E-state index contributed by atoms with van der Waals surface area (Å²) in [5.74, 6) is -0.550. The molecule has 1 atom stereocenters. The van der Waals surface area contributed by atoms with Gasteiger partial charge >= 0.3 is 0 Å².